The van der Waals surface area contributed by atoms with E-state index in [4.69, 9.17) is 5.73 Å². The first kappa shape index (κ1) is 13.5. The van der Waals surface area contributed by atoms with E-state index in [1.807, 2.05) is 30.3 Å². The molecule has 0 spiro atoms. The standard InChI is InChI=1S/C13H12N4O3/c14-12-6-10(11(8-15-12)17(19)20)13(18)16-7-9-4-2-1-3-5-9/h1-6,8H,7H2,(H2,14,15)(H,16,18). The fourth-order valence-corrected chi connectivity index (χ4v) is 1.67. The molecule has 0 aliphatic heterocycles. The Hall–Kier alpha value is -2.96. The van der Waals surface area contributed by atoms with Crippen molar-refractivity contribution in [3.63, 3.8) is 0 Å². The molecule has 102 valence electrons. The highest BCUT2D eigenvalue weighted by Crippen LogP contribution is 2.18. The molecule has 1 heterocycles. The molecular formula is C13H12N4O3. The van der Waals surface area contributed by atoms with Crippen molar-refractivity contribution in [2.75, 3.05) is 5.73 Å². The fourth-order valence-electron chi connectivity index (χ4n) is 1.67. The van der Waals surface area contributed by atoms with Crippen molar-refractivity contribution in [1.82, 2.24) is 10.3 Å². The van der Waals surface area contributed by atoms with Crippen LogP contribution in [0.3, 0.4) is 0 Å². The summed E-state index contributed by atoms with van der Waals surface area (Å²) < 4.78 is 0. The minimum absolute atomic E-state index is 0.0560. The molecule has 3 N–H and O–H groups in total. The molecule has 0 aliphatic rings. The summed E-state index contributed by atoms with van der Waals surface area (Å²) >= 11 is 0. The number of anilines is 1. The van der Waals surface area contributed by atoms with E-state index in [1.54, 1.807) is 0 Å². The van der Waals surface area contributed by atoms with Crippen molar-refractivity contribution in [2.45, 2.75) is 6.54 Å². The van der Waals surface area contributed by atoms with Crippen LogP contribution in [-0.2, 0) is 6.54 Å². The zero-order chi connectivity index (χ0) is 14.5. The molecule has 0 saturated carbocycles. The van der Waals surface area contributed by atoms with Crippen LogP contribution in [0.2, 0.25) is 0 Å². The van der Waals surface area contributed by atoms with Gasteiger partial charge >= 0.3 is 0 Å². The Morgan fingerprint density at radius 3 is 2.70 bits per heavy atom. The van der Waals surface area contributed by atoms with Crippen molar-refractivity contribution in [1.29, 1.82) is 0 Å². The second-order valence-corrected chi connectivity index (χ2v) is 4.05. The lowest BCUT2D eigenvalue weighted by atomic mass is 10.2. The lowest BCUT2D eigenvalue weighted by Gasteiger charge is -2.06. The van der Waals surface area contributed by atoms with Gasteiger partial charge in [0.15, 0.2) is 0 Å². The van der Waals surface area contributed by atoms with Crippen LogP contribution in [-0.4, -0.2) is 15.8 Å². The molecule has 0 unspecified atom stereocenters. The number of nitrogen functional groups attached to an aromatic ring is 1. The summed E-state index contributed by atoms with van der Waals surface area (Å²) in [6.07, 6.45) is 0.979. The Morgan fingerprint density at radius 1 is 1.35 bits per heavy atom. The highest BCUT2D eigenvalue weighted by molar-refractivity contribution is 5.98. The summed E-state index contributed by atoms with van der Waals surface area (Å²) in [5.41, 5.74) is 5.88. The molecule has 0 saturated heterocycles. The molecule has 0 bridgehead atoms. The molecule has 7 nitrogen and oxygen atoms in total. The number of benzene rings is 1. The lowest BCUT2D eigenvalue weighted by Crippen LogP contribution is -2.24. The molecule has 0 aliphatic carbocycles. The lowest BCUT2D eigenvalue weighted by molar-refractivity contribution is -0.385. The summed E-state index contributed by atoms with van der Waals surface area (Å²) in [5, 5.41) is 13.5. The van der Waals surface area contributed by atoms with Crippen molar-refractivity contribution in [3.8, 4) is 0 Å². The number of nitrogens with zero attached hydrogens (tertiary/aromatic N) is 2. The number of carbonyl (C=O) groups excluding carboxylic acids is 1. The normalized spacial score (nSPS) is 10.0. The molecule has 2 aromatic rings. The number of amides is 1. The van der Waals surface area contributed by atoms with Gasteiger partial charge in [-0.05, 0) is 11.6 Å². The highest BCUT2D eigenvalue weighted by Gasteiger charge is 2.20. The third-order valence-electron chi connectivity index (χ3n) is 2.64. The predicted molar refractivity (Wildman–Crippen MR) is 72.9 cm³/mol. The Morgan fingerprint density at radius 2 is 2.05 bits per heavy atom. The van der Waals surface area contributed by atoms with E-state index < -0.39 is 10.8 Å². The van der Waals surface area contributed by atoms with Crippen LogP contribution in [0.4, 0.5) is 11.5 Å². The van der Waals surface area contributed by atoms with E-state index in [1.165, 1.54) is 6.07 Å². The molecule has 0 radical (unpaired) electrons. The monoisotopic (exact) mass is 272 g/mol. The fraction of sp³-hybridized carbons (Fsp3) is 0.0769. The van der Waals surface area contributed by atoms with Crippen molar-refractivity contribution < 1.29 is 9.72 Å². The quantitative estimate of drug-likeness (QED) is 0.647. The number of aromatic nitrogens is 1. The van der Waals surface area contributed by atoms with Crippen LogP contribution in [0.5, 0.6) is 0 Å². The van der Waals surface area contributed by atoms with Crippen LogP contribution < -0.4 is 11.1 Å². The summed E-state index contributed by atoms with van der Waals surface area (Å²) in [4.78, 5) is 25.8. The Kier molecular flexibility index (Phi) is 3.90. The first-order valence-electron chi connectivity index (χ1n) is 5.80. The maximum atomic E-state index is 12.0. The third-order valence-corrected chi connectivity index (χ3v) is 2.64. The molecule has 0 fully saturated rings. The van der Waals surface area contributed by atoms with E-state index in [9.17, 15) is 14.9 Å². The van der Waals surface area contributed by atoms with Gasteiger partial charge in [-0.1, -0.05) is 30.3 Å². The molecule has 0 atom stereocenters. The molecule has 7 heteroatoms. The highest BCUT2D eigenvalue weighted by atomic mass is 16.6. The Bertz CT molecular complexity index is 643. The van der Waals surface area contributed by atoms with Crippen molar-refractivity contribution >= 4 is 17.4 Å². The predicted octanol–water partition coefficient (Wildman–Crippen LogP) is 1.50. The second kappa shape index (κ2) is 5.79. The van der Waals surface area contributed by atoms with Gasteiger partial charge in [-0.25, -0.2) is 4.98 Å². The van der Waals surface area contributed by atoms with Crippen LogP contribution in [0, 0.1) is 10.1 Å². The number of nitrogens with one attached hydrogen (secondary N) is 1. The zero-order valence-corrected chi connectivity index (χ0v) is 10.4. The average molecular weight is 272 g/mol. The smallest absolute Gasteiger partial charge is 0.300 e. The minimum atomic E-state index is -0.663. The number of nitro groups is 1. The van der Waals surface area contributed by atoms with Gasteiger partial charge in [-0.15, -0.1) is 0 Å². The number of nitrogens with two attached hydrogens (primary N) is 1. The van der Waals surface area contributed by atoms with Crippen molar-refractivity contribution in [2.24, 2.45) is 0 Å². The van der Waals surface area contributed by atoms with Crippen LogP contribution in [0.15, 0.2) is 42.6 Å². The first-order valence-corrected chi connectivity index (χ1v) is 5.80. The van der Waals surface area contributed by atoms with E-state index in [0.29, 0.717) is 0 Å². The summed E-state index contributed by atoms with van der Waals surface area (Å²) in [6, 6.07) is 10.4. The zero-order valence-electron chi connectivity index (χ0n) is 10.4. The van der Waals surface area contributed by atoms with Gasteiger partial charge in [0.25, 0.3) is 11.6 Å². The molecule has 1 amide bonds. The van der Waals surface area contributed by atoms with Crippen LogP contribution in [0.1, 0.15) is 15.9 Å². The molecule has 1 aromatic carbocycles. The van der Waals surface area contributed by atoms with E-state index in [0.717, 1.165) is 11.8 Å². The van der Waals surface area contributed by atoms with E-state index in [-0.39, 0.29) is 23.6 Å². The van der Waals surface area contributed by atoms with Gasteiger partial charge in [0, 0.05) is 6.54 Å². The van der Waals surface area contributed by atoms with Gasteiger partial charge < -0.3 is 11.1 Å². The minimum Gasteiger partial charge on any atom is -0.384 e. The van der Waals surface area contributed by atoms with Crippen LogP contribution >= 0.6 is 0 Å². The van der Waals surface area contributed by atoms with E-state index in [2.05, 4.69) is 10.3 Å². The largest absolute Gasteiger partial charge is 0.384 e. The van der Waals surface area contributed by atoms with Gasteiger partial charge in [-0.2, -0.15) is 0 Å². The summed E-state index contributed by atoms with van der Waals surface area (Å²) in [5.74, 6) is -0.505. The number of rotatable bonds is 4. The Balaban J connectivity index is 2.17. The molecule has 20 heavy (non-hydrogen) atoms. The third kappa shape index (κ3) is 3.08. The number of carbonyl (C=O) groups is 1. The molecule has 2 rings (SSSR count). The topological polar surface area (TPSA) is 111 Å². The van der Waals surface area contributed by atoms with Crippen molar-refractivity contribution in [3.05, 3.63) is 63.8 Å². The van der Waals surface area contributed by atoms with Gasteiger partial charge in [-0.3, -0.25) is 14.9 Å². The molecule has 1 aromatic heterocycles. The van der Waals surface area contributed by atoms with E-state index >= 15 is 0 Å². The SMILES string of the molecule is Nc1cc(C(=O)NCc2ccccc2)c([N+](=O)[O-])cn1. The van der Waals surface area contributed by atoms with Gasteiger partial charge in [0.05, 0.1) is 4.92 Å². The maximum Gasteiger partial charge on any atom is 0.300 e. The number of pyridine rings is 1. The van der Waals surface area contributed by atoms with Gasteiger partial charge in [0.1, 0.15) is 17.6 Å². The second-order valence-electron chi connectivity index (χ2n) is 4.05. The number of hydrogen-bond donors (Lipinski definition) is 2. The van der Waals surface area contributed by atoms with Gasteiger partial charge in [0.2, 0.25) is 0 Å². The first-order chi connectivity index (χ1) is 9.58. The molecular weight excluding hydrogens is 260 g/mol. The number of hydrogen-bond acceptors (Lipinski definition) is 5. The maximum absolute atomic E-state index is 12.0. The van der Waals surface area contributed by atoms with Crippen LogP contribution in [0.25, 0.3) is 0 Å². The summed E-state index contributed by atoms with van der Waals surface area (Å²) in [7, 11) is 0. The average Bonchev–Trinajstić information content (AvgIpc) is 2.45. The summed E-state index contributed by atoms with van der Waals surface area (Å²) in [6.45, 7) is 0.277. The Labute approximate surface area is 114 Å².